The van der Waals surface area contributed by atoms with E-state index < -0.39 is 5.41 Å². The average Bonchev–Trinajstić information content (AvgIpc) is 3.30. The molecule has 1 aromatic rings. The maximum atomic E-state index is 13.1. The molecule has 2 saturated carbocycles. The van der Waals surface area contributed by atoms with Crippen molar-refractivity contribution in [1.29, 1.82) is 0 Å². The first-order chi connectivity index (χ1) is 11.0. The highest BCUT2D eigenvalue weighted by Crippen LogP contribution is 2.56. The normalized spacial score (nSPS) is 35.9. The van der Waals surface area contributed by atoms with Crippen molar-refractivity contribution in [1.82, 2.24) is 9.99 Å². The van der Waals surface area contributed by atoms with Gasteiger partial charge in [0.15, 0.2) is 0 Å². The lowest BCUT2D eigenvalue weighted by Gasteiger charge is -2.35. The van der Waals surface area contributed by atoms with Gasteiger partial charge < -0.3 is 4.98 Å². The van der Waals surface area contributed by atoms with Gasteiger partial charge in [-0.1, -0.05) is 6.42 Å². The predicted octanol–water partition coefficient (Wildman–Crippen LogP) is 2.86. The molecule has 3 unspecified atom stereocenters. The number of aromatic amines is 1. The Morgan fingerprint density at radius 3 is 2.87 bits per heavy atom. The Hall–Kier alpha value is -1.91. The van der Waals surface area contributed by atoms with Crippen molar-refractivity contribution >= 4 is 17.4 Å². The number of rotatable bonds is 4. The molecule has 1 aromatic heterocycles. The summed E-state index contributed by atoms with van der Waals surface area (Å²) in [7, 11) is 0. The lowest BCUT2D eigenvalue weighted by molar-refractivity contribution is -0.138. The molecule has 0 spiro atoms. The van der Waals surface area contributed by atoms with Crippen molar-refractivity contribution in [2.45, 2.75) is 39.5 Å². The minimum absolute atomic E-state index is 0.00690. The Labute approximate surface area is 136 Å². The number of carbonyl (C=O) groups excluding carboxylic acids is 2. The van der Waals surface area contributed by atoms with Crippen molar-refractivity contribution < 1.29 is 9.59 Å². The Morgan fingerprint density at radius 1 is 1.43 bits per heavy atom. The largest absolute Gasteiger partial charge is 0.359 e. The highest BCUT2D eigenvalue weighted by Gasteiger charge is 2.57. The minimum atomic E-state index is -0.518. The number of amides is 1. The van der Waals surface area contributed by atoms with E-state index in [1.807, 2.05) is 13.8 Å². The summed E-state index contributed by atoms with van der Waals surface area (Å²) < 4.78 is 0. The van der Waals surface area contributed by atoms with Crippen LogP contribution >= 0.6 is 0 Å². The van der Waals surface area contributed by atoms with Crippen LogP contribution in [0.5, 0.6) is 0 Å². The van der Waals surface area contributed by atoms with Crippen molar-refractivity contribution in [3.05, 3.63) is 24.0 Å². The van der Waals surface area contributed by atoms with Crippen LogP contribution in [0.4, 0.5) is 0 Å². The van der Waals surface area contributed by atoms with Gasteiger partial charge in [-0.2, -0.15) is 5.10 Å². The summed E-state index contributed by atoms with van der Waals surface area (Å²) >= 11 is 0. The van der Waals surface area contributed by atoms with Crippen molar-refractivity contribution in [2.75, 3.05) is 6.54 Å². The molecular weight excluding hydrogens is 290 g/mol. The molecular formula is C18H23N3O2. The number of ketones is 1. The van der Waals surface area contributed by atoms with Gasteiger partial charge in [0.1, 0.15) is 6.54 Å². The minimum Gasteiger partial charge on any atom is -0.359 e. The molecule has 0 saturated heterocycles. The van der Waals surface area contributed by atoms with Crippen molar-refractivity contribution in [3.8, 4) is 0 Å². The maximum Gasteiger partial charge on any atom is 0.255 e. The smallest absolute Gasteiger partial charge is 0.255 e. The lowest BCUT2D eigenvalue weighted by Crippen LogP contribution is -2.45. The number of hydrogen-bond donors (Lipinski definition) is 1. The molecule has 3 aliphatic rings. The molecule has 0 radical (unpaired) electrons. The maximum absolute atomic E-state index is 13.1. The van der Waals surface area contributed by atoms with Crippen LogP contribution < -0.4 is 0 Å². The zero-order valence-electron chi connectivity index (χ0n) is 13.7. The van der Waals surface area contributed by atoms with Crippen LogP contribution in [0, 0.1) is 23.2 Å². The summed E-state index contributed by atoms with van der Waals surface area (Å²) in [4.78, 5) is 28.2. The predicted molar refractivity (Wildman–Crippen MR) is 87.0 cm³/mol. The van der Waals surface area contributed by atoms with Gasteiger partial charge in [0, 0.05) is 6.20 Å². The molecule has 1 amide bonds. The zero-order valence-corrected chi connectivity index (χ0v) is 13.7. The van der Waals surface area contributed by atoms with Gasteiger partial charge in [0.05, 0.1) is 16.8 Å². The fourth-order valence-electron chi connectivity index (χ4n) is 4.96. The Bertz CT molecular complexity index is 678. The third kappa shape index (κ3) is 2.09. The van der Waals surface area contributed by atoms with E-state index in [1.54, 1.807) is 18.3 Å². The summed E-state index contributed by atoms with van der Waals surface area (Å²) in [6.45, 7) is 4.01. The van der Waals surface area contributed by atoms with Gasteiger partial charge in [0.25, 0.3) is 5.91 Å². The summed E-state index contributed by atoms with van der Waals surface area (Å²) in [5.41, 5.74) is 0.883. The van der Waals surface area contributed by atoms with E-state index in [-0.39, 0.29) is 18.2 Å². The third-order valence-corrected chi connectivity index (χ3v) is 6.37. The molecule has 2 aliphatic carbocycles. The van der Waals surface area contributed by atoms with Gasteiger partial charge in [-0.3, -0.25) is 9.59 Å². The van der Waals surface area contributed by atoms with E-state index in [1.165, 1.54) is 24.3 Å². The SMILES string of the molecule is CC1=NN(CC(=O)c2ccc[nH]2)C(=O)C1(C)[C@H]1CC2CCC1C2. The summed E-state index contributed by atoms with van der Waals surface area (Å²) in [6.07, 6.45) is 6.68. The van der Waals surface area contributed by atoms with Gasteiger partial charge in [-0.05, 0) is 63.0 Å². The Kier molecular flexibility index (Phi) is 3.22. The fourth-order valence-corrected chi connectivity index (χ4v) is 4.96. The first-order valence-electron chi connectivity index (χ1n) is 8.54. The first-order valence-corrected chi connectivity index (χ1v) is 8.54. The van der Waals surface area contributed by atoms with Gasteiger partial charge in [-0.15, -0.1) is 0 Å². The van der Waals surface area contributed by atoms with Gasteiger partial charge in [0.2, 0.25) is 5.78 Å². The average molecular weight is 313 g/mol. The van der Waals surface area contributed by atoms with Crippen LogP contribution in [0.25, 0.3) is 0 Å². The molecule has 2 bridgehead atoms. The molecule has 1 N–H and O–H groups in total. The van der Waals surface area contributed by atoms with Crippen molar-refractivity contribution in [3.63, 3.8) is 0 Å². The lowest BCUT2D eigenvalue weighted by atomic mass is 9.66. The van der Waals surface area contributed by atoms with Crippen LogP contribution in [-0.2, 0) is 4.79 Å². The van der Waals surface area contributed by atoms with Crippen LogP contribution in [-0.4, -0.2) is 33.9 Å². The number of nitrogens with one attached hydrogen (secondary N) is 1. The van der Waals surface area contributed by atoms with Crippen molar-refractivity contribution in [2.24, 2.45) is 28.3 Å². The topological polar surface area (TPSA) is 65.5 Å². The number of hydrogen-bond acceptors (Lipinski definition) is 3. The molecule has 1 aliphatic heterocycles. The summed E-state index contributed by atoms with van der Waals surface area (Å²) in [5.74, 6) is 1.74. The zero-order chi connectivity index (χ0) is 16.2. The fraction of sp³-hybridized carbons (Fsp3) is 0.611. The van der Waals surface area contributed by atoms with Gasteiger partial charge in [-0.25, -0.2) is 5.01 Å². The highest BCUT2D eigenvalue weighted by molar-refractivity contribution is 6.12. The standard InChI is InChI=1S/C18H23N3O2/c1-11-18(2,14-9-12-5-6-13(14)8-12)17(23)21(20-11)10-16(22)15-4-3-7-19-15/h3-4,7,12-14,19H,5-6,8-10H2,1-2H3/t12?,13?,14-,18?/m0/s1. The van der Waals surface area contributed by atoms with Crippen LogP contribution in [0.1, 0.15) is 50.0 Å². The number of Topliss-reactive ketones (excluding diaryl/α,β-unsaturated/α-hetero) is 1. The number of hydrazone groups is 1. The Balaban J connectivity index is 1.54. The van der Waals surface area contributed by atoms with Gasteiger partial charge >= 0.3 is 0 Å². The first kappa shape index (κ1) is 14.7. The molecule has 5 heteroatoms. The Morgan fingerprint density at radius 2 is 2.26 bits per heavy atom. The molecule has 2 fully saturated rings. The van der Waals surface area contributed by atoms with E-state index in [0.717, 1.165) is 18.1 Å². The molecule has 4 rings (SSSR count). The number of nitrogens with zero attached hydrogens (tertiary/aromatic N) is 2. The molecule has 5 nitrogen and oxygen atoms in total. The monoisotopic (exact) mass is 313 g/mol. The molecule has 2 heterocycles. The highest BCUT2D eigenvalue weighted by atomic mass is 16.2. The second kappa shape index (κ2) is 5.05. The van der Waals surface area contributed by atoms with E-state index in [9.17, 15) is 9.59 Å². The van der Waals surface area contributed by atoms with E-state index in [0.29, 0.717) is 17.5 Å². The third-order valence-electron chi connectivity index (χ3n) is 6.37. The quantitative estimate of drug-likeness (QED) is 0.869. The summed E-state index contributed by atoms with van der Waals surface area (Å²) in [5, 5.41) is 5.86. The van der Waals surface area contributed by atoms with Crippen LogP contribution in [0.15, 0.2) is 23.4 Å². The summed E-state index contributed by atoms with van der Waals surface area (Å²) in [6, 6.07) is 3.52. The number of H-pyrrole nitrogens is 1. The van der Waals surface area contributed by atoms with Crippen LogP contribution in [0.2, 0.25) is 0 Å². The number of fused-ring (bicyclic) bond motifs is 2. The van der Waals surface area contributed by atoms with Crippen LogP contribution in [0.3, 0.4) is 0 Å². The van der Waals surface area contributed by atoms with E-state index in [2.05, 4.69) is 10.1 Å². The molecule has 23 heavy (non-hydrogen) atoms. The second-order valence-corrected chi connectivity index (χ2v) is 7.54. The number of carbonyl (C=O) groups is 2. The molecule has 0 aromatic carbocycles. The molecule has 4 atom stereocenters. The van der Waals surface area contributed by atoms with E-state index >= 15 is 0 Å². The van der Waals surface area contributed by atoms with E-state index in [4.69, 9.17) is 0 Å². The number of aromatic nitrogens is 1. The molecule has 122 valence electrons. The second-order valence-electron chi connectivity index (χ2n) is 7.54.